The zero-order valence-electron chi connectivity index (χ0n) is 9.66. The van der Waals surface area contributed by atoms with Crippen LogP contribution in [0.5, 0.6) is 5.75 Å². The van der Waals surface area contributed by atoms with E-state index in [0.29, 0.717) is 20.7 Å². The van der Waals surface area contributed by atoms with Crippen molar-refractivity contribution in [2.45, 2.75) is 12.8 Å². The Balaban J connectivity index is 2.74. The number of methoxy groups -OCH3 is 1. The number of carboxylic acid groups (broad SMARTS) is 1. The molecule has 2 aromatic rings. The number of hydrogen-bond acceptors (Lipinski definition) is 3. The van der Waals surface area contributed by atoms with E-state index in [1.165, 1.54) is 13.2 Å². The molecular formula is C12H10ClFO3S. The van der Waals surface area contributed by atoms with E-state index >= 15 is 0 Å². The van der Waals surface area contributed by atoms with Crippen LogP contribution in [0, 0.1) is 5.82 Å². The SMILES string of the molecule is COc1cc(Cl)c2c(C(C)C(=O)O)csc2c1F. The second kappa shape index (κ2) is 4.74. The molecular weight excluding hydrogens is 279 g/mol. The van der Waals surface area contributed by atoms with Crippen LogP contribution in [0.25, 0.3) is 10.1 Å². The fourth-order valence-electron chi connectivity index (χ4n) is 1.74. The molecule has 1 aromatic carbocycles. The van der Waals surface area contributed by atoms with E-state index in [9.17, 15) is 9.18 Å². The Bertz CT molecular complexity index is 623. The molecule has 1 heterocycles. The van der Waals surface area contributed by atoms with E-state index in [4.69, 9.17) is 21.4 Å². The van der Waals surface area contributed by atoms with Crippen molar-refractivity contribution < 1.29 is 19.0 Å². The average molecular weight is 289 g/mol. The number of carbonyl (C=O) groups is 1. The minimum absolute atomic E-state index is 0.0591. The first-order valence-corrected chi connectivity index (χ1v) is 6.39. The lowest BCUT2D eigenvalue weighted by Crippen LogP contribution is -2.06. The van der Waals surface area contributed by atoms with Gasteiger partial charge in [-0.1, -0.05) is 11.6 Å². The molecule has 1 unspecified atom stereocenters. The maximum atomic E-state index is 14.0. The molecule has 1 N–H and O–H groups in total. The van der Waals surface area contributed by atoms with Crippen molar-refractivity contribution in [3.63, 3.8) is 0 Å². The Hall–Kier alpha value is -1.33. The predicted molar refractivity (Wildman–Crippen MR) is 69.4 cm³/mol. The third-order valence-corrected chi connectivity index (χ3v) is 4.08. The normalized spacial score (nSPS) is 12.7. The molecule has 0 bridgehead atoms. The zero-order valence-corrected chi connectivity index (χ0v) is 11.2. The summed E-state index contributed by atoms with van der Waals surface area (Å²) < 4.78 is 19.2. The second-order valence-electron chi connectivity index (χ2n) is 3.83. The van der Waals surface area contributed by atoms with Crippen LogP contribution in [-0.2, 0) is 4.79 Å². The van der Waals surface area contributed by atoms with Crippen molar-refractivity contribution in [2.24, 2.45) is 0 Å². The molecule has 0 spiro atoms. The van der Waals surface area contributed by atoms with Gasteiger partial charge < -0.3 is 9.84 Å². The number of thiophene rings is 1. The van der Waals surface area contributed by atoms with Crippen LogP contribution < -0.4 is 4.74 Å². The maximum absolute atomic E-state index is 14.0. The molecule has 2 rings (SSSR count). The first-order chi connectivity index (χ1) is 8.47. The molecule has 0 aliphatic heterocycles. The molecule has 0 radical (unpaired) electrons. The van der Waals surface area contributed by atoms with Crippen molar-refractivity contribution in [3.05, 3.63) is 27.8 Å². The lowest BCUT2D eigenvalue weighted by atomic mass is 10.0. The number of aliphatic carboxylic acids is 1. The van der Waals surface area contributed by atoms with E-state index in [-0.39, 0.29) is 5.75 Å². The molecule has 1 atom stereocenters. The fraction of sp³-hybridized carbons (Fsp3) is 0.250. The molecule has 0 amide bonds. The summed E-state index contributed by atoms with van der Waals surface area (Å²) in [6.45, 7) is 1.54. The van der Waals surface area contributed by atoms with E-state index in [2.05, 4.69) is 0 Å². The average Bonchev–Trinajstić information content (AvgIpc) is 2.77. The highest BCUT2D eigenvalue weighted by Crippen LogP contribution is 2.41. The number of fused-ring (bicyclic) bond motifs is 1. The van der Waals surface area contributed by atoms with E-state index in [1.54, 1.807) is 12.3 Å². The number of halogens is 2. The highest BCUT2D eigenvalue weighted by Gasteiger charge is 2.23. The van der Waals surface area contributed by atoms with Crippen LogP contribution in [0.15, 0.2) is 11.4 Å². The van der Waals surface area contributed by atoms with Gasteiger partial charge in [-0.3, -0.25) is 4.79 Å². The summed E-state index contributed by atoms with van der Waals surface area (Å²) in [6.07, 6.45) is 0. The van der Waals surface area contributed by atoms with Gasteiger partial charge in [-0.15, -0.1) is 11.3 Å². The smallest absolute Gasteiger partial charge is 0.310 e. The Morgan fingerprint density at radius 2 is 2.28 bits per heavy atom. The summed E-state index contributed by atoms with van der Waals surface area (Å²) in [7, 11) is 1.36. The summed E-state index contributed by atoms with van der Waals surface area (Å²) in [5, 5.41) is 11.4. The molecule has 6 heteroatoms. The summed E-state index contributed by atoms with van der Waals surface area (Å²) in [4.78, 5) is 11.0. The van der Waals surface area contributed by atoms with E-state index in [1.807, 2.05) is 0 Å². The Morgan fingerprint density at radius 1 is 1.61 bits per heavy atom. The summed E-state index contributed by atoms with van der Waals surface area (Å²) >= 11 is 7.20. The lowest BCUT2D eigenvalue weighted by Gasteiger charge is -2.08. The third-order valence-electron chi connectivity index (χ3n) is 2.79. The van der Waals surface area contributed by atoms with Crippen molar-refractivity contribution in [2.75, 3.05) is 7.11 Å². The van der Waals surface area contributed by atoms with Gasteiger partial charge in [0.05, 0.1) is 22.8 Å². The maximum Gasteiger partial charge on any atom is 0.310 e. The molecule has 0 aliphatic rings. The summed E-state index contributed by atoms with van der Waals surface area (Å²) in [5.41, 5.74) is 0.522. The number of benzene rings is 1. The predicted octanol–water partition coefficient (Wildman–Crippen LogP) is 3.89. The molecule has 0 saturated heterocycles. The van der Waals surface area contributed by atoms with Crippen LogP contribution in [0.2, 0.25) is 5.02 Å². The van der Waals surface area contributed by atoms with E-state index < -0.39 is 17.7 Å². The summed E-state index contributed by atoms with van der Waals surface area (Å²) in [5.74, 6) is -2.15. The number of hydrogen-bond donors (Lipinski definition) is 1. The van der Waals surface area contributed by atoms with Gasteiger partial charge in [-0.25, -0.2) is 4.39 Å². The van der Waals surface area contributed by atoms with Crippen molar-refractivity contribution in [1.29, 1.82) is 0 Å². The lowest BCUT2D eigenvalue weighted by molar-refractivity contribution is -0.138. The van der Waals surface area contributed by atoms with Crippen LogP contribution in [0.1, 0.15) is 18.4 Å². The van der Waals surface area contributed by atoms with Crippen molar-refractivity contribution >= 4 is 39.0 Å². The van der Waals surface area contributed by atoms with Gasteiger partial charge in [-0.05, 0) is 17.9 Å². The fourth-order valence-corrected chi connectivity index (χ4v) is 3.22. The Labute approximate surface area is 112 Å². The van der Waals surface area contributed by atoms with Gasteiger partial charge in [0.15, 0.2) is 11.6 Å². The van der Waals surface area contributed by atoms with Gasteiger partial charge in [0.2, 0.25) is 0 Å². The standard InChI is InChI=1S/C12H10ClFO3S/c1-5(12(15)16)6-4-18-11-9(6)7(13)3-8(17-2)10(11)14/h3-5H,1-2H3,(H,15,16). The van der Waals surface area contributed by atoms with Gasteiger partial charge >= 0.3 is 5.97 Å². The van der Waals surface area contributed by atoms with Gasteiger partial charge in [0.1, 0.15) is 0 Å². The monoisotopic (exact) mass is 288 g/mol. The molecule has 3 nitrogen and oxygen atoms in total. The van der Waals surface area contributed by atoms with Gasteiger partial charge in [0.25, 0.3) is 0 Å². The van der Waals surface area contributed by atoms with Crippen LogP contribution in [0.4, 0.5) is 4.39 Å². The minimum atomic E-state index is -0.970. The minimum Gasteiger partial charge on any atom is -0.494 e. The Morgan fingerprint density at radius 3 is 2.83 bits per heavy atom. The van der Waals surface area contributed by atoms with Crippen LogP contribution >= 0.6 is 22.9 Å². The number of rotatable bonds is 3. The largest absolute Gasteiger partial charge is 0.494 e. The zero-order chi connectivity index (χ0) is 13.4. The molecule has 1 aromatic heterocycles. The molecule has 0 fully saturated rings. The third kappa shape index (κ3) is 1.93. The van der Waals surface area contributed by atoms with Gasteiger partial charge in [0, 0.05) is 11.5 Å². The van der Waals surface area contributed by atoms with Crippen LogP contribution in [0.3, 0.4) is 0 Å². The molecule has 96 valence electrons. The van der Waals surface area contributed by atoms with Crippen LogP contribution in [-0.4, -0.2) is 18.2 Å². The molecule has 0 saturated carbocycles. The van der Waals surface area contributed by atoms with Crippen molar-refractivity contribution in [1.82, 2.24) is 0 Å². The number of ether oxygens (including phenoxy) is 1. The quantitative estimate of drug-likeness (QED) is 0.932. The first kappa shape index (κ1) is 13.1. The van der Waals surface area contributed by atoms with Crippen molar-refractivity contribution in [3.8, 4) is 5.75 Å². The number of carboxylic acids is 1. The van der Waals surface area contributed by atoms with Gasteiger partial charge in [-0.2, -0.15) is 0 Å². The first-order valence-electron chi connectivity index (χ1n) is 5.13. The Kier molecular flexibility index (Phi) is 3.45. The summed E-state index contributed by atoms with van der Waals surface area (Å²) in [6, 6.07) is 1.37. The highest BCUT2D eigenvalue weighted by molar-refractivity contribution is 7.17. The van der Waals surface area contributed by atoms with E-state index in [0.717, 1.165) is 11.3 Å². The molecule has 18 heavy (non-hydrogen) atoms. The topological polar surface area (TPSA) is 46.5 Å². The highest BCUT2D eigenvalue weighted by atomic mass is 35.5. The molecule has 0 aliphatic carbocycles. The second-order valence-corrected chi connectivity index (χ2v) is 5.12.